The molecule has 1 aromatic carbocycles. The third kappa shape index (κ3) is 3.80. The molecule has 0 bridgehead atoms. The Kier molecular flexibility index (Phi) is 5.05. The van der Waals surface area contributed by atoms with Crippen molar-refractivity contribution in [2.75, 3.05) is 6.54 Å². The first-order valence-electron chi connectivity index (χ1n) is 8.87. The minimum atomic E-state index is -4.61. The zero-order valence-electron chi connectivity index (χ0n) is 15.5. The number of aryl methyl sites for hydroxylation is 1. The van der Waals surface area contributed by atoms with E-state index in [9.17, 15) is 22.8 Å². The highest BCUT2D eigenvalue weighted by atomic mass is 19.4. The summed E-state index contributed by atoms with van der Waals surface area (Å²) in [5.41, 5.74) is 2.97. The van der Waals surface area contributed by atoms with E-state index in [4.69, 9.17) is 5.73 Å². The largest absolute Gasteiger partial charge is 0.418 e. The molecule has 9 heteroatoms. The molecule has 0 saturated heterocycles. The number of para-hydroxylation sites is 1. The van der Waals surface area contributed by atoms with Gasteiger partial charge in [-0.25, -0.2) is 4.68 Å². The Morgan fingerprint density at radius 2 is 1.96 bits per heavy atom. The fourth-order valence-corrected chi connectivity index (χ4v) is 3.21. The first kappa shape index (κ1) is 20.1. The van der Waals surface area contributed by atoms with E-state index >= 15 is 0 Å². The summed E-state index contributed by atoms with van der Waals surface area (Å²) in [5, 5.41) is 6.71. The van der Waals surface area contributed by atoms with Crippen LogP contribution in [-0.2, 0) is 6.18 Å². The Balaban J connectivity index is 2.05. The molecule has 1 aliphatic rings. The predicted molar refractivity (Wildman–Crippen MR) is 97.2 cm³/mol. The molecule has 6 nitrogen and oxygen atoms in total. The topological polar surface area (TPSA) is 90.0 Å². The van der Waals surface area contributed by atoms with Crippen LogP contribution >= 0.6 is 0 Å². The highest BCUT2D eigenvalue weighted by Crippen LogP contribution is 2.39. The number of hydrogen-bond acceptors (Lipinski definition) is 4. The third-order valence-corrected chi connectivity index (χ3v) is 5.06. The number of rotatable bonds is 5. The van der Waals surface area contributed by atoms with Crippen LogP contribution in [0.1, 0.15) is 41.5 Å². The highest BCUT2D eigenvalue weighted by molar-refractivity contribution is 5.92. The standard InChI is InChI=1S/C19H21F3N4O2/c1-11-9-15(27)16(17(28)24-18(2,10-23)12-7-8-12)25-26(11)14-6-4-3-5-13(14)19(20,21)22/h3-6,9,12H,7-8,10,23H2,1-2H3,(H,24,28). The molecule has 0 radical (unpaired) electrons. The summed E-state index contributed by atoms with van der Waals surface area (Å²) in [6, 6.07) is 5.96. The van der Waals surface area contributed by atoms with Gasteiger partial charge in [-0.05, 0) is 44.7 Å². The number of nitrogens with two attached hydrogens (primary N) is 1. The van der Waals surface area contributed by atoms with Crippen molar-refractivity contribution in [2.45, 2.75) is 38.4 Å². The van der Waals surface area contributed by atoms with E-state index in [-0.39, 0.29) is 23.8 Å². The summed E-state index contributed by atoms with van der Waals surface area (Å²) in [5.74, 6) is -0.539. The fraction of sp³-hybridized carbons (Fsp3) is 0.421. The molecule has 3 rings (SSSR count). The molecule has 2 aromatic rings. The molecule has 1 aliphatic carbocycles. The lowest BCUT2D eigenvalue weighted by Gasteiger charge is -2.29. The van der Waals surface area contributed by atoms with Crippen LogP contribution < -0.4 is 16.5 Å². The molecule has 3 N–H and O–H groups in total. The van der Waals surface area contributed by atoms with Crippen molar-refractivity contribution in [1.82, 2.24) is 15.1 Å². The van der Waals surface area contributed by atoms with Gasteiger partial charge in [0.1, 0.15) is 0 Å². The summed E-state index contributed by atoms with van der Waals surface area (Å²) in [4.78, 5) is 25.0. The molecule has 1 heterocycles. The summed E-state index contributed by atoms with van der Waals surface area (Å²) in [6.45, 7) is 3.42. The Hall–Kier alpha value is -2.68. The molecular weight excluding hydrogens is 373 g/mol. The van der Waals surface area contributed by atoms with E-state index < -0.39 is 34.3 Å². The third-order valence-electron chi connectivity index (χ3n) is 5.06. The van der Waals surface area contributed by atoms with E-state index in [0.29, 0.717) is 0 Å². The number of benzene rings is 1. The Morgan fingerprint density at radius 3 is 2.54 bits per heavy atom. The van der Waals surface area contributed by atoms with E-state index in [0.717, 1.165) is 29.7 Å². The van der Waals surface area contributed by atoms with Crippen LogP contribution in [0.4, 0.5) is 13.2 Å². The maximum absolute atomic E-state index is 13.4. The minimum Gasteiger partial charge on any atom is -0.344 e. The molecular formula is C19H21F3N4O2. The van der Waals surface area contributed by atoms with E-state index in [1.54, 1.807) is 6.92 Å². The first-order chi connectivity index (χ1) is 13.1. The summed E-state index contributed by atoms with van der Waals surface area (Å²) < 4.78 is 41.1. The maximum Gasteiger partial charge on any atom is 0.418 e. The second-order valence-corrected chi connectivity index (χ2v) is 7.28. The highest BCUT2D eigenvalue weighted by Gasteiger charge is 2.42. The number of carbonyl (C=O) groups excluding carboxylic acids is 1. The van der Waals surface area contributed by atoms with E-state index in [1.807, 2.05) is 0 Å². The van der Waals surface area contributed by atoms with E-state index in [1.165, 1.54) is 25.1 Å². The number of nitrogens with one attached hydrogen (secondary N) is 1. The van der Waals surface area contributed by atoms with Gasteiger partial charge in [0.25, 0.3) is 5.91 Å². The van der Waals surface area contributed by atoms with Gasteiger partial charge in [-0.3, -0.25) is 9.59 Å². The number of aromatic nitrogens is 2. The molecule has 150 valence electrons. The molecule has 1 aromatic heterocycles. The second kappa shape index (κ2) is 7.05. The average molecular weight is 394 g/mol. The lowest BCUT2D eigenvalue weighted by atomic mass is 9.96. The molecule has 1 atom stereocenters. The summed E-state index contributed by atoms with van der Waals surface area (Å²) in [7, 11) is 0. The van der Waals surface area contributed by atoms with Crippen molar-refractivity contribution in [1.29, 1.82) is 0 Å². The Labute approximate surface area is 159 Å². The van der Waals surface area contributed by atoms with Crippen molar-refractivity contribution in [3.05, 3.63) is 57.5 Å². The summed E-state index contributed by atoms with van der Waals surface area (Å²) in [6.07, 6.45) is -2.78. The predicted octanol–water partition coefficient (Wildman–Crippen LogP) is 2.42. The SMILES string of the molecule is Cc1cc(=O)c(C(=O)NC(C)(CN)C2CC2)nn1-c1ccccc1C(F)(F)F. The van der Waals surface area contributed by atoms with Crippen molar-refractivity contribution in [2.24, 2.45) is 11.7 Å². The fourth-order valence-electron chi connectivity index (χ4n) is 3.21. The molecule has 1 saturated carbocycles. The van der Waals surface area contributed by atoms with Crippen molar-refractivity contribution < 1.29 is 18.0 Å². The lowest BCUT2D eigenvalue weighted by Crippen LogP contribution is -2.54. The van der Waals surface area contributed by atoms with Crippen molar-refractivity contribution >= 4 is 5.91 Å². The van der Waals surface area contributed by atoms with Crippen molar-refractivity contribution in [3.63, 3.8) is 0 Å². The minimum absolute atomic E-state index is 0.181. The van der Waals surface area contributed by atoms with Crippen LogP contribution in [-0.4, -0.2) is 27.8 Å². The molecule has 0 aliphatic heterocycles. The maximum atomic E-state index is 13.4. The normalized spacial score (nSPS) is 16.5. The monoisotopic (exact) mass is 394 g/mol. The zero-order valence-corrected chi connectivity index (χ0v) is 15.5. The van der Waals surface area contributed by atoms with Gasteiger partial charge in [-0.2, -0.15) is 18.3 Å². The Bertz CT molecular complexity index is 966. The van der Waals surface area contributed by atoms with Gasteiger partial charge in [-0.15, -0.1) is 0 Å². The number of amides is 1. The van der Waals surface area contributed by atoms with Crippen molar-refractivity contribution in [3.8, 4) is 5.69 Å². The van der Waals surface area contributed by atoms with Gasteiger partial charge in [0.05, 0.1) is 16.8 Å². The number of hydrogen-bond donors (Lipinski definition) is 2. The molecule has 0 spiro atoms. The number of alkyl halides is 3. The van der Waals surface area contributed by atoms with E-state index in [2.05, 4.69) is 10.4 Å². The lowest BCUT2D eigenvalue weighted by molar-refractivity contribution is -0.137. The molecule has 1 amide bonds. The smallest absolute Gasteiger partial charge is 0.344 e. The van der Waals surface area contributed by atoms with Crippen LogP contribution in [0.5, 0.6) is 0 Å². The molecule has 1 fully saturated rings. The van der Waals surface area contributed by atoms with Gasteiger partial charge >= 0.3 is 6.18 Å². The van der Waals surface area contributed by atoms with Gasteiger partial charge < -0.3 is 11.1 Å². The van der Waals surface area contributed by atoms with Crippen LogP contribution in [0.25, 0.3) is 5.69 Å². The average Bonchev–Trinajstić information content (AvgIpc) is 3.46. The zero-order chi connectivity index (χ0) is 20.7. The number of nitrogens with zero attached hydrogens (tertiary/aromatic N) is 2. The van der Waals surface area contributed by atoms with Gasteiger partial charge in [-0.1, -0.05) is 12.1 Å². The second-order valence-electron chi connectivity index (χ2n) is 7.28. The van der Waals surface area contributed by atoms with Gasteiger partial charge in [0.2, 0.25) is 5.43 Å². The summed E-state index contributed by atoms with van der Waals surface area (Å²) >= 11 is 0. The Morgan fingerprint density at radius 1 is 1.32 bits per heavy atom. The first-order valence-corrected chi connectivity index (χ1v) is 8.87. The number of halogens is 3. The molecule has 1 unspecified atom stereocenters. The quantitative estimate of drug-likeness (QED) is 0.815. The van der Waals surface area contributed by atoms with Gasteiger partial charge in [0.15, 0.2) is 5.69 Å². The van der Waals surface area contributed by atoms with Crippen LogP contribution in [0.15, 0.2) is 35.1 Å². The number of carbonyl (C=O) groups is 1. The van der Waals surface area contributed by atoms with Gasteiger partial charge in [0, 0.05) is 18.3 Å². The van der Waals surface area contributed by atoms with Crippen LogP contribution in [0, 0.1) is 12.8 Å². The molecule has 28 heavy (non-hydrogen) atoms. The van der Waals surface area contributed by atoms with Crippen LogP contribution in [0.3, 0.4) is 0 Å². The van der Waals surface area contributed by atoms with Crippen LogP contribution in [0.2, 0.25) is 0 Å².